The van der Waals surface area contributed by atoms with E-state index < -0.39 is 17.3 Å². The number of nitriles is 1. The first-order valence-electron chi connectivity index (χ1n) is 8.89. The van der Waals surface area contributed by atoms with Crippen LogP contribution in [0.25, 0.3) is 11.0 Å². The first kappa shape index (κ1) is 19.1. The third-order valence-corrected chi connectivity index (χ3v) is 5.27. The van der Waals surface area contributed by atoms with Gasteiger partial charge in [-0.3, -0.25) is 4.79 Å². The van der Waals surface area contributed by atoms with Crippen LogP contribution in [0, 0.1) is 17.1 Å². The van der Waals surface area contributed by atoms with E-state index in [1.54, 1.807) is 6.20 Å². The van der Waals surface area contributed by atoms with Crippen molar-refractivity contribution in [3.05, 3.63) is 52.7 Å². The molecule has 1 fully saturated rings. The molecule has 0 saturated carbocycles. The Morgan fingerprint density at radius 1 is 1.48 bits per heavy atom. The molecule has 29 heavy (non-hydrogen) atoms. The number of anilines is 1. The van der Waals surface area contributed by atoms with Crippen molar-refractivity contribution in [3.8, 4) is 6.07 Å². The zero-order valence-electron chi connectivity index (χ0n) is 15.2. The zero-order valence-corrected chi connectivity index (χ0v) is 16.0. The highest BCUT2D eigenvalue weighted by Gasteiger charge is 2.36. The standard InChI is InChI=1S/C19H17ClFN7O/c20-12-1-2-13(14(21)5-12)18(29)25-8-19(23)3-4-28(9-19)17-15-11(6-22)7-24-16(15)26-10-27-17/h1-2,5,7,10H,3-4,8-9,23H2,(H,25,29)(H,24,26,27)/t19-/m0/s1. The monoisotopic (exact) mass is 413 g/mol. The lowest BCUT2D eigenvalue weighted by atomic mass is 10.00. The summed E-state index contributed by atoms with van der Waals surface area (Å²) in [6, 6.07) is 6.02. The number of benzene rings is 1. The average molecular weight is 414 g/mol. The van der Waals surface area contributed by atoms with Gasteiger partial charge in [-0.05, 0) is 24.6 Å². The van der Waals surface area contributed by atoms with Crippen molar-refractivity contribution in [2.45, 2.75) is 12.0 Å². The van der Waals surface area contributed by atoms with Gasteiger partial charge in [0.15, 0.2) is 0 Å². The van der Waals surface area contributed by atoms with Gasteiger partial charge in [0, 0.05) is 30.9 Å². The molecule has 1 aromatic carbocycles. The fraction of sp³-hybridized carbons (Fsp3) is 0.263. The number of nitrogens with zero attached hydrogens (tertiary/aromatic N) is 4. The molecule has 148 valence electrons. The van der Waals surface area contributed by atoms with Crippen LogP contribution in [0.1, 0.15) is 22.3 Å². The molecule has 1 aliphatic heterocycles. The minimum Gasteiger partial charge on any atom is -0.354 e. The molecule has 1 saturated heterocycles. The molecule has 1 amide bonds. The molecule has 10 heteroatoms. The van der Waals surface area contributed by atoms with Gasteiger partial charge in [0.25, 0.3) is 5.91 Å². The second kappa shape index (κ2) is 7.31. The van der Waals surface area contributed by atoms with Gasteiger partial charge in [-0.2, -0.15) is 5.26 Å². The highest BCUT2D eigenvalue weighted by Crippen LogP contribution is 2.30. The molecule has 3 heterocycles. The van der Waals surface area contributed by atoms with E-state index in [0.29, 0.717) is 41.9 Å². The first-order chi connectivity index (χ1) is 13.9. The number of aromatic nitrogens is 3. The highest BCUT2D eigenvalue weighted by molar-refractivity contribution is 6.30. The first-order valence-corrected chi connectivity index (χ1v) is 9.27. The quantitative estimate of drug-likeness (QED) is 0.600. The third-order valence-electron chi connectivity index (χ3n) is 5.03. The Morgan fingerprint density at radius 2 is 2.31 bits per heavy atom. The lowest BCUT2D eigenvalue weighted by Gasteiger charge is -2.25. The van der Waals surface area contributed by atoms with Crippen molar-refractivity contribution in [2.75, 3.05) is 24.5 Å². The molecule has 0 spiro atoms. The van der Waals surface area contributed by atoms with Crippen LogP contribution in [0.4, 0.5) is 10.2 Å². The van der Waals surface area contributed by atoms with Crippen LogP contribution >= 0.6 is 11.6 Å². The number of fused-ring (bicyclic) bond motifs is 1. The van der Waals surface area contributed by atoms with Crippen molar-refractivity contribution in [1.29, 1.82) is 5.26 Å². The van der Waals surface area contributed by atoms with Gasteiger partial charge >= 0.3 is 0 Å². The number of carbonyl (C=O) groups is 1. The smallest absolute Gasteiger partial charge is 0.254 e. The largest absolute Gasteiger partial charge is 0.354 e. The number of rotatable bonds is 4. The molecule has 0 bridgehead atoms. The Labute approximate surface area is 170 Å². The summed E-state index contributed by atoms with van der Waals surface area (Å²) in [5.41, 5.74) is 6.70. The van der Waals surface area contributed by atoms with Crippen LogP contribution in [0.5, 0.6) is 0 Å². The molecule has 4 rings (SSSR count). The highest BCUT2D eigenvalue weighted by atomic mass is 35.5. The molecule has 2 aromatic heterocycles. The Bertz CT molecular complexity index is 1140. The van der Waals surface area contributed by atoms with Gasteiger partial charge in [-0.1, -0.05) is 11.6 Å². The van der Waals surface area contributed by atoms with E-state index >= 15 is 0 Å². The van der Waals surface area contributed by atoms with E-state index in [0.717, 1.165) is 6.07 Å². The van der Waals surface area contributed by atoms with Gasteiger partial charge < -0.3 is 20.9 Å². The van der Waals surface area contributed by atoms with Crippen molar-refractivity contribution in [3.63, 3.8) is 0 Å². The van der Waals surface area contributed by atoms with Crippen LogP contribution < -0.4 is 16.0 Å². The molecular weight excluding hydrogens is 397 g/mol. The number of amides is 1. The number of halogens is 2. The molecule has 0 aliphatic carbocycles. The number of nitrogens with two attached hydrogens (primary N) is 1. The van der Waals surface area contributed by atoms with Gasteiger partial charge in [0.05, 0.1) is 22.1 Å². The molecule has 1 atom stereocenters. The van der Waals surface area contributed by atoms with E-state index in [9.17, 15) is 14.4 Å². The number of hydrogen-bond donors (Lipinski definition) is 3. The minimum absolute atomic E-state index is 0.0867. The predicted octanol–water partition coefficient (Wildman–Crippen LogP) is 1.96. The van der Waals surface area contributed by atoms with Crippen LogP contribution in [-0.4, -0.2) is 46.0 Å². The van der Waals surface area contributed by atoms with Crippen LogP contribution in [0.3, 0.4) is 0 Å². The van der Waals surface area contributed by atoms with Crippen molar-refractivity contribution < 1.29 is 9.18 Å². The molecule has 1 aliphatic rings. The molecular formula is C19H17ClFN7O. The number of carbonyl (C=O) groups excluding carboxylic acids is 1. The second-order valence-corrected chi connectivity index (χ2v) is 7.51. The summed E-state index contributed by atoms with van der Waals surface area (Å²) < 4.78 is 13.9. The van der Waals surface area contributed by atoms with Crippen molar-refractivity contribution >= 4 is 34.4 Å². The summed E-state index contributed by atoms with van der Waals surface area (Å²) in [6.07, 6.45) is 3.61. The lowest BCUT2D eigenvalue weighted by molar-refractivity contribution is 0.0941. The maximum atomic E-state index is 13.9. The van der Waals surface area contributed by atoms with Crippen molar-refractivity contribution in [2.24, 2.45) is 5.73 Å². The van der Waals surface area contributed by atoms with Gasteiger partial charge in [-0.15, -0.1) is 0 Å². The number of aromatic amines is 1. The summed E-state index contributed by atoms with van der Waals surface area (Å²) >= 11 is 5.72. The zero-order chi connectivity index (χ0) is 20.6. The summed E-state index contributed by atoms with van der Waals surface area (Å²) in [4.78, 5) is 25.7. The normalized spacial score (nSPS) is 18.8. The minimum atomic E-state index is -0.723. The van der Waals surface area contributed by atoms with E-state index in [1.165, 1.54) is 18.5 Å². The Balaban J connectivity index is 1.49. The summed E-state index contributed by atoms with van der Waals surface area (Å²) in [6.45, 7) is 1.18. The number of H-pyrrole nitrogens is 1. The molecule has 3 aromatic rings. The predicted molar refractivity (Wildman–Crippen MR) is 106 cm³/mol. The lowest BCUT2D eigenvalue weighted by Crippen LogP contribution is -2.52. The SMILES string of the molecule is N#Cc1c[nH]c2ncnc(N3CC[C@](N)(CNC(=O)c4ccc(Cl)cc4F)C3)c12. The van der Waals surface area contributed by atoms with E-state index in [4.69, 9.17) is 17.3 Å². The third kappa shape index (κ3) is 3.60. The molecule has 0 radical (unpaired) electrons. The fourth-order valence-corrected chi connectivity index (χ4v) is 3.68. The summed E-state index contributed by atoms with van der Waals surface area (Å²) in [5.74, 6) is -0.617. The Kier molecular flexibility index (Phi) is 4.82. The summed E-state index contributed by atoms with van der Waals surface area (Å²) in [5, 5.41) is 12.9. The number of hydrogen-bond acceptors (Lipinski definition) is 6. The topological polar surface area (TPSA) is 124 Å². The van der Waals surface area contributed by atoms with Crippen LogP contribution in [0.15, 0.2) is 30.7 Å². The molecule has 8 nitrogen and oxygen atoms in total. The van der Waals surface area contributed by atoms with E-state index in [1.807, 2.05) is 4.90 Å². The second-order valence-electron chi connectivity index (χ2n) is 7.08. The fourth-order valence-electron chi connectivity index (χ4n) is 3.52. The van der Waals surface area contributed by atoms with Gasteiger partial charge in [0.1, 0.15) is 29.7 Å². The van der Waals surface area contributed by atoms with Crippen LogP contribution in [0.2, 0.25) is 5.02 Å². The molecule has 0 unspecified atom stereocenters. The number of nitrogens with one attached hydrogen (secondary N) is 2. The van der Waals surface area contributed by atoms with E-state index in [2.05, 4.69) is 26.3 Å². The average Bonchev–Trinajstić information content (AvgIpc) is 3.30. The maximum Gasteiger partial charge on any atom is 0.254 e. The Morgan fingerprint density at radius 3 is 3.07 bits per heavy atom. The molecule has 4 N–H and O–H groups in total. The van der Waals surface area contributed by atoms with E-state index in [-0.39, 0.29) is 17.1 Å². The van der Waals surface area contributed by atoms with Gasteiger partial charge in [0.2, 0.25) is 0 Å². The van der Waals surface area contributed by atoms with Crippen molar-refractivity contribution in [1.82, 2.24) is 20.3 Å². The van der Waals surface area contributed by atoms with Gasteiger partial charge in [-0.25, -0.2) is 14.4 Å². The Hall–Kier alpha value is -3.22. The maximum absolute atomic E-state index is 13.9. The van der Waals surface area contributed by atoms with Crippen LogP contribution in [-0.2, 0) is 0 Å². The summed E-state index contributed by atoms with van der Waals surface area (Å²) in [7, 11) is 0.